The normalized spacial score (nSPS) is 14.3. The molecule has 0 aliphatic carbocycles. The van der Waals surface area contributed by atoms with E-state index in [0.29, 0.717) is 48.2 Å². The van der Waals surface area contributed by atoms with Crippen LogP contribution in [0, 0.1) is 0 Å². The molecular weight excluding hydrogens is 420 g/mol. The van der Waals surface area contributed by atoms with Crippen molar-refractivity contribution in [3.8, 4) is 17.2 Å². The lowest BCUT2D eigenvalue weighted by Gasteiger charge is -2.30. The van der Waals surface area contributed by atoms with Gasteiger partial charge in [-0.3, -0.25) is 9.59 Å². The van der Waals surface area contributed by atoms with Gasteiger partial charge in [0.15, 0.2) is 24.2 Å². The monoisotopic (exact) mass is 446 g/mol. The minimum atomic E-state index is -0.303. The fourth-order valence-corrected chi connectivity index (χ4v) is 3.54. The number of hydrogen-bond acceptors (Lipinski definition) is 5. The highest BCUT2D eigenvalue weighted by molar-refractivity contribution is 6.06. The maximum Gasteiger partial charge on any atom is 0.260 e. The van der Waals surface area contributed by atoms with Crippen molar-refractivity contribution in [3.05, 3.63) is 84.4 Å². The number of amides is 2. The summed E-state index contributed by atoms with van der Waals surface area (Å²) >= 11 is 0. The van der Waals surface area contributed by atoms with E-state index in [0.717, 1.165) is 0 Å². The number of benzene rings is 3. The van der Waals surface area contributed by atoms with Crippen molar-refractivity contribution in [2.75, 3.05) is 31.6 Å². The van der Waals surface area contributed by atoms with E-state index in [9.17, 15) is 9.59 Å². The molecule has 7 nitrogen and oxygen atoms in total. The third kappa shape index (κ3) is 5.63. The van der Waals surface area contributed by atoms with Gasteiger partial charge in [0.25, 0.3) is 11.8 Å². The fourth-order valence-electron chi connectivity index (χ4n) is 3.54. The summed E-state index contributed by atoms with van der Waals surface area (Å²) in [6.45, 7) is 2.96. The van der Waals surface area contributed by atoms with Crippen molar-refractivity contribution in [2.24, 2.45) is 0 Å². The number of rotatable bonds is 8. The number of nitrogens with zero attached hydrogens (tertiary/aromatic N) is 1. The number of para-hydroxylation sites is 4. The molecular formula is C26H26N2O5. The summed E-state index contributed by atoms with van der Waals surface area (Å²) in [5, 5.41) is 2.84. The van der Waals surface area contributed by atoms with E-state index in [-0.39, 0.29) is 24.5 Å². The average molecular weight is 447 g/mol. The van der Waals surface area contributed by atoms with E-state index in [1.54, 1.807) is 41.3 Å². The zero-order valence-electron chi connectivity index (χ0n) is 18.4. The molecule has 1 N–H and O–H groups in total. The first-order chi connectivity index (χ1) is 16.1. The molecule has 0 bridgehead atoms. The predicted octanol–water partition coefficient (Wildman–Crippen LogP) is 4.01. The molecule has 1 atom stereocenters. The SMILES string of the molecule is CCN(C[C@@H]1COc2ccccc2O1)C(=O)COc1ccccc1C(=O)Nc1ccccc1. The van der Waals surface area contributed by atoms with Crippen LogP contribution in [-0.2, 0) is 4.79 Å². The molecule has 0 spiro atoms. The van der Waals surface area contributed by atoms with Gasteiger partial charge in [0.2, 0.25) is 0 Å². The third-order valence-electron chi connectivity index (χ3n) is 5.24. The Labute approximate surface area is 192 Å². The lowest BCUT2D eigenvalue weighted by atomic mass is 10.2. The zero-order chi connectivity index (χ0) is 23.0. The van der Waals surface area contributed by atoms with E-state index in [1.807, 2.05) is 49.4 Å². The van der Waals surface area contributed by atoms with Crippen LogP contribution in [0.15, 0.2) is 78.9 Å². The van der Waals surface area contributed by atoms with E-state index in [1.165, 1.54) is 0 Å². The first-order valence-corrected chi connectivity index (χ1v) is 10.9. The summed E-state index contributed by atoms with van der Waals surface area (Å²) in [4.78, 5) is 27.2. The molecule has 7 heteroatoms. The van der Waals surface area contributed by atoms with Crippen LogP contribution in [-0.4, -0.2) is 49.1 Å². The molecule has 0 saturated heterocycles. The van der Waals surface area contributed by atoms with Crippen molar-refractivity contribution >= 4 is 17.5 Å². The largest absolute Gasteiger partial charge is 0.486 e. The molecule has 33 heavy (non-hydrogen) atoms. The van der Waals surface area contributed by atoms with Crippen molar-refractivity contribution in [2.45, 2.75) is 13.0 Å². The van der Waals surface area contributed by atoms with Crippen molar-refractivity contribution in [3.63, 3.8) is 0 Å². The molecule has 1 heterocycles. The predicted molar refractivity (Wildman–Crippen MR) is 125 cm³/mol. The summed E-state index contributed by atoms with van der Waals surface area (Å²) in [5.74, 6) is 1.23. The highest BCUT2D eigenvalue weighted by Gasteiger charge is 2.25. The molecule has 3 aromatic rings. The second-order valence-electron chi connectivity index (χ2n) is 7.53. The molecule has 4 rings (SSSR count). The molecule has 2 amide bonds. The van der Waals surface area contributed by atoms with Gasteiger partial charge in [-0.2, -0.15) is 0 Å². The summed E-state index contributed by atoms with van der Waals surface area (Å²) in [6.07, 6.45) is -0.271. The van der Waals surface area contributed by atoms with Crippen LogP contribution >= 0.6 is 0 Å². The van der Waals surface area contributed by atoms with E-state index in [2.05, 4.69) is 5.32 Å². The third-order valence-corrected chi connectivity index (χ3v) is 5.24. The molecule has 3 aromatic carbocycles. The number of likely N-dealkylation sites (N-methyl/N-ethyl adjacent to an activating group) is 1. The second kappa shape index (κ2) is 10.5. The summed E-state index contributed by atoms with van der Waals surface area (Å²) in [5.41, 5.74) is 1.04. The van der Waals surface area contributed by atoms with Crippen LogP contribution in [0.25, 0.3) is 0 Å². The zero-order valence-corrected chi connectivity index (χ0v) is 18.4. The molecule has 0 radical (unpaired) electrons. The Kier molecular flexibility index (Phi) is 7.09. The minimum absolute atomic E-state index is 0.187. The summed E-state index contributed by atoms with van der Waals surface area (Å²) in [7, 11) is 0. The fraction of sp³-hybridized carbons (Fsp3) is 0.231. The number of nitrogens with one attached hydrogen (secondary N) is 1. The Morgan fingerprint density at radius 1 is 0.970 bits per heavy atom. The van der Waals surface area contributed by atoms with Gasteiger partial charge in [0, 0.05) is 12.2 Å². The van der Waals surface area contributed by atoms with E-state index in [4.69, 9.17) is 14.2 Å². The Balaban J connectivity index is 1.35. The van der Waals surface area contributed by atoms with Crippen molar-refractivity contribution in [1.82, 2.24) is 4.90 Å². The number of fused-ring (bicyclic) bond motifs is 1. The van der Waals surface area contributed by atoms with Gasteiger partial charge >= 0.3 is 0 Å². The van der Waals surface area contributed by atoms with Crippen molar-refractivity contribution in [1.29, 1.82) is 0 Å². The molecule has 0 unspecified atom stereocenters. The Hall–Kier alpha value is -4.00. The number of ether oxygens (including phenoxy) is 3. The van der Waals surface area contributed by atoms with Crippen LogP contribution < -0.4 is 19.5 Å². The highest BCUT2D eigenvalue weighted by atomic mass is 16.6. The summed E-state index contributed by atoms with van der Waals surface area (Å²) < 4.78 is 17.5. The lowest BCUT2D eigenvalue weighted by molar-refractivity contribution is -0.134. The molecule has 170 valence electrons. The average Bonchev–Trinajstić information content (AvgIpc) is 2.86. The topological polar surface area (TPSA) is 77.1 Å². The smallest absolute Gasteiger partial charge is 0.260 e. The quantitative estimate of drug-likeness (QED) is 0.566. The van der Waals surface area contributed by atoms with Gasteiger partial charge in [0.1, 0.15) is 12.4 Å². The van der Waals surface area contributed by atoms with Gasteiger partial charge in [-0.05, 0) is 43.3 Å². The van der Waals surface area contributed by atoms with Crippen LogP contribution in [0.3, 0.4) is 0 Å². The maximum absolute atomic E-state index is 12.8. The highest BCUT2D eigenvalue weighted by Crippen LogP contribution is 2.31. The standard InChI is InChI=1S/C26H26N2O5/c1-2-28(16-20-17-31-23-14-8-9-15-24(23)33-20)25(29)18-32-22-13-7-6-12-21(22)26(30)27-19-10-4-3-5-11-19/h3-15,20H,2,16-18H2,1H3,(H,27,30)/t20-/m1/s1. The van der Waals surface area contributed by atoms with E-state index < -0.39 is 0 Å². The second-order valence-corrected chi connectivity index (χ2v) is 7.53. The number of hydrogen-bond donors (Lipinski definition) is 1. The Morgan fingerprint density at radius 2 is 1.67 bits per heavy atom. The first-order valence-electron chi connectivity index (χ1n) is 10.9. The van der Waals surface area contributed by atoms with Gasteiger partial charge in [-0.1, -0.05) is 42.5 Å². The molecule has 1 aliphatic rings. The minimum Gasteiger partial charge on any atom is -0.486 e. The maximum atomic E-state index is 12.8. The van der Waals surface area contributed by atoms with Gasteiger partial charge in [-0.15, -0.1) is 0 Å². The number of carbonyl (C=O) groups excluding carboxylic acids is 2. The summed E-state index contributed by atoms with van der Waals surface area (Å²) in [6, 6.07) is 23.5. The van der Waals surface area contributed by atoms with Gasteiger partial charge in [0.05, 0.1) is 12.1 Å². The molecule has 1 aliphatic heterocycles. The van der Waals surface area contributed by atoms with Crippen LogP contribution in [0.2, 0.25) is 0 Å². The van der Waals surface area contributed by atoms with E-state index >= 15 is 0 Å². The Morgan fingerprint density at radius 3 is 2.45 bits per heavy atom. The number of anilines is 1. The van der Waals surface area contributed by atoms with Gasteiger partial charge < -0.3 is 24.4 Å². The van der Waals surface area contributed by atoms with Crippen LogP contribution in [0.5, 0.6) is 17.2 Å². The molecule has 0 fully saturated rings. The molecule has 0 saturated carbocycles. The van der Waals surface area contributed by atoms with Gasteiger partial charge in [-0.25, -0.2) is 0 Å². The first kappa shape index (κ1) is 22.2. The molecule has 0 aromatic heterocycles. The van der Waals surface area contributed by atoms with Crippen LogP contribution in [0.1, 0.15) is 17.3 Å². The number of carbonyl (C=O) groups is 2. The Bertz CT molecular complexity index is 1100. The van der Waals surface area contributed by atoms with Crippen molar-refractivity contribution < 1.29 is 23.8 Å². The van der Waals surface area contributed by atoms with Crippen LogP contribution in [0.4, 0.5) is 5.69 Å². The lowest BCUT2D eigenvalue weighted by Crippen LogP contribution is -2.45.